The van der Waals surface area contributed by atoms with Crippen LogP contribution < -0.4 is 10.9 Å². The number of aryl methyl sites for hydroxylation is 2. The number of hydrogen-bond acceptors (Lipinski definition) is 6. The van der Waals surface area contributed by atoms with Crippen molar-refractivity contribution in [1.82, 2.24) is 5.32 Å². The Morgan fingerprint density at radius 1 is 1.26 bits per heavy atom. The fourth-order valence-electron chi connectivity index (χ4n) is 2.87. The van der Waals surface area contributed by atoms with Crippen LogP contribution in [-0.2, 0) is 16.0 Å². The molecule has 27 heavy (non-hydrogen) atoms. The molecular formula is C19H23NO6S. The molecule has 0 aliphatic rings. The molecule has 0 radical (unpaired) electrons. The van der Waals surface area contributed by atoms with E-state index in [0.29, 0.717) is 39.8 Å². The summed E-state index contributed by atoms with van der Waals surface area (Å²) in [5, 5.41) is 22.1. The molecule has 7 nitrogen and oxygen atoms in total. The molecule has 3 N–H and O–H groups in total. The number of carbonyl (C=O) groups excluding carboxylic acids is 1. The van der Waals surface area contributed by atoms with Gasteiger partial charge in [0.1, 0.15) is 17.4 Å². The minimum Gasteiger partial charge on any atom is -0.508 e. The smallest absolute Gasteiger partial charge is 0.339 e. The van der Waals surface area contributed by atoms with Gasteiger partial charge < -0.3 is 19.9 Å². The number of thioether (sulfide) groups is 1. The van der Waals surface area contributed by atoms with Gasteiger partial charge in [-0.1, -0.05) is 0 Å². The molecule has 0 spiro atoms. The Morgan fingerprint density at radius 2 is 1.96 bits per heavy atom. The number of phenolic OH excluding ortho intramolecular Hbond substituents is 1. The van der Waals surface area contributed by atoms with E-state index in [4.69, 9.17) is 4.42 Å². The molecule has 1 aromatic heterocycles. The zero-order valence-corrected chi connectivity index (χ0v) is 16.3. The molecule has 0 bridgehead atoms. The number of amides is 1. The van der Waals surface area contributed by atoms with Gasteiger partial charge in [-0.2, -0.15) is 11.8 Å². The van der Waals surface area contributed by atoms with Gasteiger partial charge in [0.2, 0.25) is 5.91 Å². The van der Waals surface area contributed by atoms with Crippen molar-refractivity contribution in [2.24, 2.45) is 0 Å². The summed E-state index contributed by atoms with van der Waals surface area (Å²) < 4.78 is 5.35. The zero-order valence-electron chi connectivity index (χ0n) is 15.5. The van der Waals surface area contributed by atoms with Crippen LogP contribution in [0.3, 0.4) is 0 Å². The number of nitrogens with one attached hydrogen (secondary N) is 1. The molecule has 0 aliphatic heterocycles. The molecule has 0 saturated carbocycles. The van der Waals surface area contributed by atoms with Crippen molar-refractivity contribution in [1.29, 1.82) is 0 Å². The molecule has 1 amide bonds. The summed E-state index contributed by atoms with van der Waals surface area (Å²) in [6, 6.07) is 2.26. The van der Waals surface area contributed by atoms with Gasteiger partial charge in [-0.05, 0) is 56.4 Å². The third-order valence-corrected chi connectivity index (χ3v) is 5.17. The summed E-state index contributed by atoms with van der Waals surface area (Å²) >= 11 is 1.51. The number of aliphatic carboxylic acids is 1. The normalized spacial score (nSPS) is 12.1. The highest BCUT2D eigenvalue weighted by Gasteiger charge is 2.20. The highest BCUT2D eigenvalue weighted by atomic mass is 32.2. The van der Waals surface area contributed by atoms with E-state index in [2.05, 4.69) is 5.32 Å². The van der Waals surface area contributed by atoms with Crippen molar-refractivity contribution in [2.75, 3.05) is 12.0 Å². The van der Waals surface area contributed by atoms with Gasteiger partial charge in [-0.3, -0.25) is 4.79 Å². The molecular weight excluding hydrogens is 370 g/mol. The van der Waals surface area contributed by atoms with E-state index < -0.39 is 23.5 Å². The first-order chi connectivity index (χ1) is 12.8. The number of rotatable bonds is 8. The maximum absolute atomic E-state index is 12.3. The van der Waals surface area contributed by atoms with E-state index in [1.165, 1.54) is 17.8 Å². The molecule has 2 rings (SSSR count). The van der Waals surface area contributed by atoms with Crippen LogP contribution >= 0.6 is 11.8 Å². The lowest BCUT2D eigenvalue weighted by Crippen LogP contribution is -2.41. The fourth-order valence-corrected chi connectivity index (χ4v) is 3.34. The Hall–Kier alpha value is -2.48. The van der Waals surface area contributed by atoms with E-state index in [-0.39, 0.29) is 18.6 Å². The van der Waals surface area contributed by atoms with E-state index >= 15 is 0 Å². The van der Waals surface area contributed by atoms with Gasteiger partial charge in [0, 0.05) is 22.9 Å². The molecule has 1 heterocycles. The number of carboxylic acids is 1. The average Bonchev–Trinajstić information content (AvgIpc) is 2.61. The molecule has 8 heteroatoms. The van der Waals surface area contributed by atoms with E-state index in [0.717, 1.165) is 0 Å². The van der Waals surface area contributed by atoms with Crippen molar-refractivity contribution < 1.29 is 24.2 Å². The predicted molar refractivity (Wildman–Crippen MR) is 105 cm³/mol. The SMILES string of the molecule is CSCC[C@@H](NC(=O)CCc1c(C)c2ccc(O)c(C)c2oc1=O)C(=O)O. The van der Waals surface area contributed by atoms with E-state index in [9.17, 15) is 24.6 Å². The van der Waals surface area contributed by atoms with Crippen molar-refractivity contribution in [3.8, 4) is 5.75 Å². The van der Waals surface area contributed by atoms with Crippen LogP contribution in [0.5, 0.6) is 5.75 Å². The van der Waals surface area contributed by atoms with Crippen LogP contribution in [0.15, 0.2) is 21.3 Å². The first-order valence-electron chi connectivity index (χ1n) is 8.52. The maximum Gasteiger partial charge on any atom is 0.339 e. The summed E-state index contributed by atoms with van der Waals surface area (Å²) in [6.45, 7) is 3.43. The molecule has 0 fully saturated rings. The minimum absolute atomic E-state index is 0.0166. The molecule has 1 aromatic carbocycles. The fraction of sp³-hybridized carbons (Fsp3) is 0.421. The lowest BCUT2D eigenvalue weighted by atomic mass is 10.00. The Bertz CT molecular complexity index is 921. The van der Waals surface area contributed by atoms with Crippen molar-refractivity contribution in [3.63, 3.8) is 0 Å². The minimum atomic E-state index is -1.07. The monoisotopic (exact) mass is 393 g/mol. The summed E-state index contributed by atoms with van der Waals surface area (Å²) in [5.74, 6) is -0.836. The van der Waals surface area contributed by atoms with Gasteiger partial charge in [0.25, 0.3) is 0 Å². The number of fused-ring (bicyclic) bond motifs is 1. The van der Waals surface area contributed by atoms with Gasteiger partial charge >= 0.3 is 11.6 Å². The molecule has 146 valence electrons. The van der Waals surface area contributed by atoms with Crippen molar-refractivity contribution >= 4 is 34.6 Å². The van der Waals surface area contributed by atoms with Gasteiger partial charge in [0.05, 0.1) is 0 Å². The zero-order chi connectivity index (χ0) is 20.1. The van der Waals surface area contributed by atoms with Crippen LogP contribution in [0.4, 0.5) is 0 Å². The standard InChI is InChI=1S/C19H23NO6S/c1-10-12-4-6-15(21)11(2)17(12)26-19(25)13(10)5-7-16(22)20-14(18(23)24)8-9-27-3/h4,6,14,21H,5,7-9H2,1-3H3,(H,20,22)(H,23,24)/t14-/m1/s1. The Balaban J connectivity index is 2.17. The molecule has 0 aliphatic carbocycles. The van der Waals surface area contributed by atoms with E-state index in [1.807, 2.05) is 6.26 Å². The summed E-state index contributed by atoms with van der Waals surface area (Å²) in [7, 11) is 0. The molecule has 0 unspecified atom stereocenters. The lowest BCUT2D eigenvalue weighted by Gasteiger charge is -2.14. The van der Waals surface area contributed by atoms with Gasteiger partial charge in [-0.15, -0.1) is 0 Å². The van der Waals surface area contributed by atoms with Crippen molar-refractivity contribution in [2.45, 2.75) is 39.2 Å². The number of aromatic hydroxyl groups is 1. The van der Waals surface area contributed by atoms with Crippen LogP contribution in [-0.4, -0.2) is 40.1 Å². The summed E-state index contributed by atoms with van der Waals surface area (Å²) in [4.78, 5) is 35.7. The largest absolute Gasteiger partial charge is 0.508 e. The number of benzene rings is 1. The van der Waals surface area contributed by atoms with Crippen LogP contribution in [0, 0.1) is 13.8 Å². The predicted octanol–water partition coefficient (Wildman–Crippen LogP) is 2.37. The maximum atomic E-state index is 12.3. The number of phenols is 1. The Morgan fingerprint density at radius 3 is 2.59 bits per heavy atom. The second-order valence-electron chi connectivity index (χ2n) is 6.32. The first-order valence-corrected chi connectivity index (χ1v) is 9.91. The molecule has 1 atom stereocenters. The third kappa shape index (κ3) is 4.82. The number of carboxylic acid groups (broad SMARTS) is 1. The van der Waals surface area contributed by atoms with Crippen LogP contribution in [0.25, 0.3) is 11.0 Å². The quantitative estimate of drug-likeness (QED) is 0.590. The lowest BCUT2D eigenvalue weighted by molar-refractivity contribution is -0.141. The highest BCUT2D eigenvalue weighted by Crippen LogP contribution is 2.28. The average molecular weight is 393 g/mol. The molecule has 0 saturated heterocycles. The van der Waals surface area contributed by atoms with Gasteiger partial charge in [-0.25, -0.2) is 9.59 Å². The first kappa shape index (κ1) is 20.8. The number of carbonyl (C=O) groups is 2. The highest BCUT2D eigenvalue weighted by molar-refractivity contribution is 7.98. The topological polar surface area (TPSA) is 117 Å². The van der Waals surface area contributed by atoms with Crippen LogP contribution in [0.2, 0.25) is 0 Å². The van der Waals surface area contributed by atoms with Crippen LogP contribution in [0.1, 0.15) is 29.5 Å². The second kappa shape index (κ2) is 8.94. The van der Waals surface area contributed by atoms with Gasteiger partial charge in [0.15, 0.2) is 0 Å². The summed E-state index contributed by atoms with van der Waals surface area (Å²) in [5.41, 5.74) is 1.32. The van der Waals surface area contributed by atoms with E-state index in [1.54, 1.807) is 19.9 Å². The molecule has 2 aromatic rings. The second-order valence-corrected chi connectivity index (χ2v) is 7.30. The summed E-state index contributed by atoms with van der Waals surface area (Å²) in [6.07, 6.45) is 2.33. The number of hydrogen-bond donors (Lipinski definition) is 3. The third-order valence-electron chi connectivity index (χ3n) is 4.52. The Labute approximate surface area is 160 Å². The Kier molecular flexibility index (Phi) is 6.90. The van der Waals surface area contributed by atoms with Crippen molar-refractivity contribution in [3.05, 3.63) is 39.2 Å².